The van der Waals surface area contributed by atoms with Crippen molar-refractivity contribution < 1.29 is 27.4 Å². The molecule has 11 heteroatoms. The van der Waals surface area contributed by atoms with E-state index in [1.54, 1.807) is 12.1 Å². The summed E-state index contributed by atoms with van der Waals surface area (Å²) < 4.78 is 51.4. The molecule has 0 spiro atoms. The second-order valence-corrected chi connectivity index (χ2v) is 5.24. The van der Waals surface area contributed by atoms with Gasteiger partial charge in [-0.3, -0.25) is 4.40 Å². The number of halogens is 3. The van der Waals surface area contributed by atoms with Crippen molar-refractivity contribution >= 4 is 16.7 Å². The maximum atomic E-state index is 13.2. The van der Waals surface area contributed by atoms with Gasteiger partial charge in [0.05, 0.1) is 12.0 Å². The van der Waals surface area contributed by atoms with E-state index in [0.29, 0.717) is 16.7 Å². The highest BCUT2D eigenvalue weighted by Gasteiger charge is 2.34. The van der Waals surface area contributed by atoms with Crippen LogP contribution in [0.2, 0.25) is 0 Å². The molecule has 8 nitrogen and oxygen atoms in total. The number of aromatic nitrogens is 5. The zero-order chi connectivity index (χ0) is 18.3. The van der Waals surface area contributed by atoms with Crippen LogP contribution in [0.4, 0.5) is 13.2 Å². The molecule has 0 radical (unpaired) electrons. The first kappa shape index (κ1) is 16.3. The highest BCUT2D eigenvalue weighted by molar-refractivity contribution is 5.85. The summed E-state index contributed by atoms with van der Waals surface area (Å²) in [7, 11) is 0. The number of imidazole rings is 1. The summed E-state index contributed by atoms with van der Waals surface area (Å²) in [6.45, 7) is -0.481. The van der Waals surface area contributed by atoms with Crippen LogP contribution in [0.5, 0.6) is 5.75 Å². The van der Waals surface area contributed by atoms with Gasteiger partial charge in [0.2, 0.25) is 6.39 Å². The van der Waals surface area contributed by atoms with E-state index in [0.717, 1.165) is 12.5 Å². The largest absolute Gasteiger partial charge is 0.490 e. The van der Waals surface area contributed by atoms with Gasteiger partial charge in [0, 0.05) is 12.3 Å². The summed E-state index contributed by atoms with van der Waals surface area (Å²) in [5, 5.41) is 16.5. The Kier molecular flexibility index (Phi) is 3.72. The standard InChI is InChI=1S/C15H10F3N5O3/c16-15(17,18)11-5-10(25-4-3-24)8-1-2-12-20-9(14-22-19-7-26-14)6-23(12)13(8)21-11/h1-2,5-7,24H,3-4H2. The molecular weight excluding hydrogens is 355 g/mol. The fraction of sp³-hybridized carbons (Fsp3) is 0.200. The molecular formula is C15H10F3N5O3. The molecule has 0 saturated heterocycles. The van der Waals surface area contributed by atoms with Gasteiger partial charge in [-0.15, -0.1) is 10.2 Å². The minimum absolute atomic E-state index is 0.00327. The number of nitrogens with zero attached hydrogens (tertiary/aromatic N) is 5. The number of aliphatic hydroxyl groups excluding tert-OH is 1. The molecule has 0 aliphatic rings. The molecule has 4 aromatic rings. The Morgan fingerprint density at radius 3 is 2.77 bits per heavy atom. The molecule has 0 fully saturated rings. The van der Waals surface area contributed by atoms with Crippen molar-refractivity contribution in [2.75, 3.05) is 13.2 Å². The van der Waals surface area contributed by atoms with Gasteiger partial charge in [-0.05, 0) is 12.1 Å². The number of hydrogen-bond donors (Lipinski definition) is 1. The average Bonchev–Trinajstić information content (AvgIpc) is 3.27. The molecule has 0 aliphatic carbocycles. The van der Waals surface area contributed by atoms with Crippen LogP contribution in [-0.2, 0) is 6.18 Å². The molecule has 0 amide bonds. The zero-order valence-electron chi connectivity index (χ0n) is 12.9. The lowest BCUT2D eigenvalue weighted by molar-refractivity contribution is -0.141. The van der Waals surface area contributed by atoms with Crippen molar-refractivity contribution in [3.8, 4) is 17.3 Å². The number of hydrogen-bond acceptors (Lipinski definition) is 7. The van der Waals surface area contributed by atoms with E-state index in [2.05, 4.69) is 20.2 Å². The Hall–Kier alpha value is -3.21. The SMILES string of the molecule is OCCOc1cc(C(F)(F)F)nc2c1ccc1nc(-c3nnco3)cn12. The van der Waals surface area contributed by atoms with E-state index < -0.39 is 11.9 Å². The highest BCUT2D eigenvalue weighted by atomic mass is 19.4. The summed E-state index contributed by atoms with van der Waals surface area (Å²) in [4.78, 5) is 7.98. The summed E-state index contributed by atoms with van der Waals surface area (Å²) in [5.74, 6) is 0.0943. The maximum Gasteiger partial charge on any atom is 0.433 e. The van der Waals surface area contributed by atoms with Crippen LogP contribution in [0.1, 0.15) is 5.69 Å². The molecule has 0 aliphatic heterocycles. The van der Waals surface area contributed by atoms with Crippen LogP contribution in [0, 0.1) is 0 Å². The molecule has 4 aromatic heterocycles. The van der Waals surface area contributed by atoms with Crippen LogP contribution in [0.25, 0.3) is 28.3 Å². The fourth-order valence-corrected chi connectivity index (χ4v) is 2.51. The Bertz CT molecular complexity index is 1080. The predicted octanol–water partition coefficient (Wildman–Crippen LogP) is 2.32. The van der Waals surface area contributed by atoms with Crippen LogP contribution in [-0.4, -0.2) is 42.9 Å². The van der Waals surface area contributed by atoms with Gasteiger partial charge >= 0.3 is 6.18 Å². The quantitative estimate of drug-likeness (QED) is 0.592. The smallest absolute Gasteiger partial charge is 0.433 e. The van der Waals surface area contributed by atoms with E-state index in [1.807, 2.05) is 0 Å². The van der Waals surface area contributed by atoms with Crippen LogP contribution in [0.15, 0.2) is 35.2 Å². The lowest BCUT2D eigenvalue weighted by atomic mass is 10.2. The number of fused-ring (bicyclic) bond motifs is 3. The molecule has 0 bridgehead atoms. The molecule has 0 atom stereocenters. The Balaban J connectivity index is 1.99. The lowest BCUT2D eigenvalue weighted by Gasteiger charge is -2.13. The van der Waals surface area contributed by atoms with Gasteiger partial charge in [0.1, 0.15) is 29.3 Å². The molecule has 0 aromatic carbocycles. The Morgan fingerprint density at radius 2 is 2.08 bits per heavy atom. The third-order valence-corrected chi connectivity index (χ3v) is 3.58. The van der Waals surface area contributed by atoms with Crippen molar-refractivity contribution in [2.24, 2.45) is 0 Å². The molecule has 0 unspecified atom stereocenters. The first-order valence-electron chi connectivity index (χ1n) is 7.37. The van der Waals surface area contributed by atoms with Crippen LogP contribution in [0.3, 0.4) is 0 Å². The molecule has 4 heterocycles. The third-order valence-electron chi connectivity index (χ3n) is 3.58. The third kappa shape index (κ3) is 2.71. The van der Waals surface area contributed by atoms with Crippen molar-refractivity contribution in [2.45, 2.75) is 6.18 Å². The van der Waals surface area contributed by atoms with E-state index in [4.69, 9.17) is 14.3 Å². The molecule has 134 valence electrons. The second kappa shape index (κ2) is 5.95. The van der Waals surface area contributed by atoms with Gasteiger partial charge in [0.15, 0.2) is 5.69 Å². The maximum absolute atomic E-state index is 13.2. The molecule has 26 heavy (non-hydrogen) atoms. The second-order valence-electron chi connectivity index (χ2n) is 5.24. The monoisotopic (exact) mass is 365 g/mol. The van der Waals surface area contributed by atoms with Gasteiger partial charge in [0.25, 0.3) is 5.89 Å². The number of pyridine rings is 2. The first-order chi connectivity index (χ1) is 12.5. The first-order valence-corrected chi connectivity index (χ1v) is 7.37. The summed E-state index contributed by atoms with van der Waals surface area (Å²) in [5.41, 5.74) is -0.459. The lowest BCUT2D eigenvalue weighted by Crippen LogP contribution is -2.11. The van der Waals surface area contributed by atoms with E-state index in [-0.39, 0.29) is 30.5 Å². The molecule has 1 N–H and O–H groups in total. The van der Waals surface area contributed by atoms with Crippen molar-refractivity contribution in [1.82, 2.24) is 24.6 Å². The fourth-order valence-electron chi connectivity index (χ4n) is 2.51. The van der Waals surface area contributed by atoms with Gasteiger partial charge in [-0.2, -0.15) is 13.2 Å². The number of aliphatic hydroxyl groups is 1. The van der Waals surface area contributed by atoms with Crippen LogP contribution < -0.4 is 4.74 Å². The Morgan fingerprint density at radius 1 is 1.23 bits per heavy atom. The summed E-state index contributed by atoms with van der Waals surface area (Å²) in [6.07, 6.45) is -2.09. The average molecular weight is 365 g/mol. The van der Waals surface area contributed by atoms with Gasteiger partial charge < -0.3 is 14.3 Å². The topological polar surface area (TPSA) is 98.6 Å². The van der Waals surface area contributed by atoms with Crippen molar-refractivity contribution in [1.29, 1.82) is 0 Å². The van der Waals surface area contributed by atoms with Gasteiger partial charge in [-0.25, -0.2) is 9.97 Å². The normalized spacial score (nSPS) is 12.2. The number of rotatable bonds is 4. The Labute approximate surface area is 142 Å². The number of ether oxygens (including phenoxy) is 1. The molecule has 4 rings (SSSR count). The summed E-state index contributed by atoms with van der Waals surface area (Å²) >= 11 is 0. The molecule has 0 saturated carbocycles. The summed E-state index contributed by atoms with van der Waals surface area (Å²) in [6, 6.07) is 3.96. The number of alkyl halides is 3. The van der Waals surface area contributed by atoms with Crippen molar-refractivity contribution in [3.63, 3.8) is 0 Å². The zero-order valence-corrected chi connectivity index (χ0v) is 12.9. The van der Waals surface area contributed by atoms with Crippen molar-refractivity contribution in [3.05, 3.63) is 36.5 Å². The van der Waals surface area contributed by atoms with Gasteiger partial charge in [-0.1, -0.05) is 0 Å². The predicted molar refractivity (Wildman–Crippen MR) is 81.4 cm³/mol. The van der Waals surface area contributed by atoms with E-state index >= 15 is 0 Å². The van der Waals surface area contributed by atoms with Crippen LogP contribution >= 0.6 is 0 Å². The highest BCUT2D eigenvalue weighted by Crippen LogP contribution is 2.35. The van der Waals surface area contributed by atoms with E-state index in [9.17, 15) is 13.2 Å². The van der Waals surface area contributed by atoms with E-state index in [1.165, 1.54) is 10.6 Å². The minimum atomic E-state index is -4.66. The minimum Gasteiger partial charge on any atom is -0.490 e.